The van der Waals surface area contributed by atoms with Crippen molar-refractivity contribution in [1.82, 2.24) is 19.4 Å². The van der Waals surface area contributed by atoms with Gasteiger partial charge < -0.3 is 5.73 Å². The van der Waals surface area contributed by atoms with Gasteiger partial charge in [0.05, 0.1) is 38.7 Å². The highest BCUT2D eigenvalue weighted by atomic mass is 32.1. The first-order valence-corrected chi connectivity index (χ1v) is 9.09. The minimum absolute atomic E-state index is 0.347. The van der Waals surface area contributed by atoms with Crippen molar-refractivity contribution in [2.24, 2.45) is 0 Å². The topological polar surface area (TPSA) is 92.9 Å². The van der Waals surface area contributed by atoms with Crippen molar-refractivity contribution in [3.05, 3.63) is 65.9 Å². The summed E-state index contributed by atoms with van der Waals surface area (Å²) in [6.07, 6.45) is 3.58. The molecule has 0 saturated heterocycles. The number of nitriles is 1. The summed E-state index contributed by atoms with van der Waals surface area (Å²) in [5.74, 6) is 0.347. The van der Waals surface area contributed by atoms with E-state index in [1.807, 2.05) is 46.4 Å². The van der Waals surface area contributed by atoms with Crippen LogP contribution in [-0.2, 0) is 0 Å². The monoisotopic (exact) mass is 368 g/mol. The molecule has 0 aliphatic heterocycles. The Morgan fingerprint density at radius 1 is 1.07 bits per heavy atom. The molecule has 2 aromatic carbocycles. The predicted octanol–water partition coefficient (Wildman–Crippen LogP) is 4.13. The number of nitrogen functional groups attached to an aromatic ring is 1. The molecule has 7 heteroatoms. The van der Waals surface area contributed by atoms with E-state index in [1.54, 1.807) is 23.6 Å². The molecule has 0 fully saturated rings. The van der Waals surface area contributed by atoms with Gasteiger partial charge in [-0.15, -0.1) is 11.3 Å². The molecule has 0 radical (unpaired) electrons. The second kappa shape index (κ2) is 5.90. The molecule has 0 aliphatic carbocycles. The molecule has 2 N–H and O–H groups in total. The van der Waals surface area contributed by atoms with Crippen LogP contribution in [0.2, 0.25) is 0 Å². The van der Waals surface area contributed by atoms with E-state index in [1.165, 1.54) is 0 Å². The Labute approximate surface area is 158 Å². The molecule has 3 heterocycles. The molecule has 27 heavy (non-hydrogen) atoms. The number of imidazole rings is 1. The van der Waals surface area contributed by atoms with Crippen LogP contribution in [0.15, 0.2) is 60.4 Å². The molecule has 0 atom stereocenters. The number of fused-ring (bicyclic) bond motifs is 2. The Morgan fingerprint density at radius 3 is 2.89 bits per heavy atom. The van der Waals surface area contributed by atoms with Crippen molar-refractivity contribution in [1.29, 1.82) is 5.26 Å². The van der Waals surface area contributed by atoms with Crippen molar-refractivity contribution < 1.29 is 0 Å². The number of benzene rings is 2. The zero-order chi connectivity index (χ0) is 18.4. The fraction of sp³-hybridized carbons (Fsp3) is 0. The van der Waals surface area contributed by atoms with Gasteiger partial charge in [-0.05, 0) is 24.3 Å². The van der Waals surface area contributed by atoms with Crippen LogP contribution in [-0.4, -0.2) is 19.4 Å². The molecular weight excluding hydrogens is 356 g/mol. The first-order valence-electron chi connectivity index (χ1n) is 8.21. The summed E-state index contributed by atoms with van der Waals surface area (Å²) >= 11 is 1.59. The van der Waals surface area contributed by atoms with Crippen LogP contribution in [0.3, 0.4) is 0 Å². The van der Waals surface area contributed by atoms with Crippen molar-refractivity contribution in [2.75, 3.05) is 5.73 Å². The fourth-order valence-corrected chi connectivity index (χ4v) is 3.94. The van der Waals surface area contributed by atoms with E-state index in [-0.39, 0.29) is 0 Å². The maximum absolute atomic E-state index is 9.27. The van der Waals surface area contributed by atoms with Gasteiger partial charge in [0.25, 0.3) is 0 Å². The Kier molecular flexibility index (Phi) is 3.38. The standard InChI is InChI=1S/C20H12N6S/c21-10-12-2-1-3-13(8-12)17-18(26-7-6-23-20(26)19(22)25-17)14-4-5-15-16(9-14)27-11-24-15/h1-9,11H,(H2,22,25). The predicted molar refractivity (Wildman–Crippen MR) is 106 cm³/mol. The smallest absolute Gasteiger partial charge is 0.180 e. The lowest BCUT2D eigenvalue weighted by Gasteiger charge is -2.14. The van der Waals surface area contributed by atoms with E-state index in [0.717, 1.165) is 27.0 Å². The number of thiazole rings is 1. The van der Waals surface area contributed by atoms with Gasteiger partial charge in [-0.25, -0.2) is 15.0 Å². The van der Waals surface area contributed by atoms with Gasteiger partial charge in [-0.2, -0.15) is 5.26 Å². The minimum Gasteiger partial charge on any atom is -0.381 e. The fourth-order valence-electron chi connectivity index (χ4n) is 3.23. The molecule has 5 rings (SSSR count). The van der Waals surface area contributed by atoms with Gasteiger partial charge in [0.2, 0.25) is 0 Å². The van der Waals surface area contributed by atoms with E-state index < -0.39 is 0 Å². The highest BCUT2D eigenvalue weighted by Crippen LogP contribution is 2.35. The van der Waals surface area contributed by atoms with Crippen molar-refractivity contribution >= 4 is 33.0 Å². The number of anilines is 1. The molecule has 128 valence electrons. The summed E-state index contributed by atoms with van der Waals surface area (Å²) in [5, 5.41) is 9.27. The molecule has 0 spiro atoms. The Bertz CT molecular complexity index is 1360. The Hall–Kier alpha value is -3.76. The van der Waals surface area contributed by atoms with Crippen LogP contribution in [0.5, 0.6) is 0 Å². The van der Waals surface area contributed by atoms with Crippen molar-refractivity contribution in [3.8, 4) is 28.6 Å². The number of hydrogen-bond donors (Lipinski definition) is 1. The van der Waals surface area contributed by atoms with Crippen LogP contribution >= 0.6 is 11.3 Å². The van der Waals surface area contributed by atoms with E-state index >= 15 is 0 Å². The molecule has 0 amide bonds. The zero-order valence-electron chi connectivity index (χ0n) is 14.0. The van der Waals surface area contributed by atoms with Crippen molar-refractivity contribution in [2.45, 2.75) is 0 Å². The molecule has 6 nitrogen and oxygen atoms in total. The van der Waals surface area contributed by atoms with Gasteiger partial charge in [-0.1, -0.05) is 18.2 Å². The first kappa shape index (κ1) is 15.5. The van der Waals surface area contributed by atoms with Crippen molar-refractivity contribution in [3.63, 3.8) is 0 Å². The minimum atomic E-state index is 0.347. The van der Waals surface area contributed by atoms with Gasteiger partial charge in [0, 0.05) is 23.5 Å². The third-order valence-corrected chi connectivity index (χ3v) is 5.23. The molecule has 5 aromatic rings. The molecule has 0 saturated carbocycles. The number of rotatable bonds is 2. The van der Waals surface area contributed by atoms with Crippen LogP contribution in [0.1, 0.15) is 5.56 Å². The number of nitrogens with two attached hydrogens (primary N) is 1. The zero-order valence-corrected chi connectivity index (χ0v) is 14.8. The molecule has 3 aromatic heterocycles. The third-order valence-electron chi connectivity index (χ3n) is 4.44. The van der Waals surface area contributed by atoms with Crippen LogP contribution in [0.4, 0.5) is 5.82 Å². The lowest BCUT2D eigenvalue weighted by molar-refractivity contribution is 1.14. The van der Waals surface area contributed by atoms with Gasteiger partial charge >= 0.3 is 0 Å². The largest absolute Gasteiger partial charge is 0.381 e. The summed E-state index contributed by atoms with van der Waals surface area (Å²) < 4.78 is 3.04. The lowest BCUT2D eigenvalue weighted by atomic mass is 10.0. The molecule has 0 aliphatic rings. The second-order valence-electron chi connectivity index (χ2n) is 6.04. The summed E-state index contributed by atoms with van der Waals surface area (Å²) in [7, 11) is 0. The van der Waals surface area contributed by atoms with Gasteiger partial charge in [0.15, 0.2) is 11.5 Å². The van der Waals surface area contributed by atoms with E-state index in [2.05, 4.69) is 27.1 Å². The highest BCUT2D eigenvalue weighted by molar-refractivity contribution is 7.16. The molecule has 0 unspecified atom stereocenters. The highest BCUT2D eigenvalue weighted by Gasteiger charge is 2.17. The number of hydrogen-bond acceptors (Lipinski definition) is 6. The summed E-state index contributed by atoms with van der Waals surface area (Å²) in [6.45, 7) is 0. The van der Waals surface area contributed by atoms with E-state index in [4.69, 9.17) is 5.73 Å². The summed E-state index contributed by atoms with van der Waals surface area (Å²) in [6, 6.07) is 15.7. The third kappa shape index (κ3) is 2.43. The normalized spacial score (nSPS) is 11.1. The molecule has 0 bridgehead atoms. The van der Waals surface area contributed by atoms with Crippen LogP contribution in [0.25, 0.3) is 38.4 Å². The van der Waals surface area contributed by atoms with E-state index in [0.29, 0.717) is 22.7 Å². The first-order chi connectivity index (χ1) is 13.2. The maximum Gasteiger partial charge on any atom is 0.180 e. The SMILES string of the molecule is N#Cc1cccc(-c2nc(N)c3nccn3c2-c2ccc3ncsc3c2)c1. The lowest BCUT2D eigenvalue weighted by Crippen LogP contribution is -2.03. The quantitative estimate of drug-likeness (QED) is 0.506. The summed E-state index contributed by atoms with van der Waals surface area (Å²) in [5.41, 5.74) is 13.5. The average Bonchev–Trinajstić information content (AvgIpc) is 3.37. The van der Waals surface area contributed by atoms with Gasteiger partial charge in [-0.3, -0.25) is 4.40 Å². The Morgan fingerprint density at radius 2 is 2.00 bits per heavy atom. The number of nitrogens with zero attached hydrogens (tertiary/aromatic N) is 5. The summed E-state index contributed by atoms with van der Waals surface area (Å²) in [4.78, 5) is 13.3. The second-order valence-corrected chi connectivity index (χ2v) is 6.93. The van der Waals surface area contributed by atoms with E-state index in [9.17, 15) is 5.26 Å². The Balaban J connectivity index is 1.87. The maximum atomic E-state index is 9.27. The van der Waals surface area contributed by atoms with Crippen LogP contribution in [0, 0.1) is 11.3 Å². The molecular formula is C20H12N6S. The number of aromatic nitrogens is 4. The van der Waals surface area contributed by atoms with Crippen LogP contribution < -0.4 is 5.73 Å². The van der Waals surface area contributed by atoms with Gasteiger partial charge in [0.1, 0.15) is 0 Å². The average molecular weight is 368 g/mol.